The van der Waals surface area contributed by atoms with Crippen LogP contribution in [0.3, 0.4) is 0 Å². The summed E-state index contributed by atoms with van der Waals surface area (Å²) in [6.45, 7) is 11.2. The van der Waals surface area contributed by atoms with Gasteiger partial charge in [0.25, 0.3) is 0 Å². The third-order valence-electron chi connectivity index (χ3n) is 10.3. The molecule has 2 N–H and O–H groups in total. The maximum atomic E-state index is 15.1. The number of aliphatic hydroxyl groups excluding tert-OH is 1. The maximum absolute atomic E-state index is 15.1. The van der Waals surface area contributed by atoms with E-state index >= 15 is 4.79 Å². The Kier molecular flexibility index (Phi) is 11.6. The molecule has 3 amide bonds. The van der Waals surface area contributed by atoms with E-state index < -0.39 is 53.2 Å². The predicted octanol–water partition coefficient (Wildman–Crippen LogP) is 4.11. The molecule has 2 saturated heterocycles. The molecule has 1 spiro atoms. The van der Waals surface area contributed by atoms with Crippen LogP contribution in [-0.4, -0.2) is 101 Å². The zero-order valence-corrected chi connectivity index (χ0v) is 30.4. The van der Waals surface area contributed by atoms with E-state index in [2.05, 4.69) is 26.1 Å². The number of rotatable bonds is 10. The van der Waals surface area contributed by atoms with Gasteiger partial charge in [0, 0.05) is 38.8 Å². The van der Waals surface area contributed by atoms with Crippen molar-refractivity contribution in [3.05, 3.63) is 60.2 Å². The average Bonchev–Trinajstić information content (AvgIpc) is 3.69. The van der Waals surface area contributed by atoms with Crippen LogP contribution in [0.15, 0.2) is 54.6 Å². The highest BCUT2D eigenvalue weighted by Crippen LogP contribution is 2.56. The van der Waals surface area contributed by atoms with Crippen LogP contribution in [-0.2, 0) is 33.4 Å². The smallest absolute Gasteiger partial charge is 0.313 e. The fourth-order valence-electron chi connectivity index (χ4n) is 8.61. The number of ether oxygens (including phenoxy) is 3. The van der Waals surface area contributed by atoms with Gasteiger partial charge in [-0.3, -0.25) is 19.2 Å². The van der Waals surface area contributed by atoms with Gasteiger partial charge in [-0.2, -0.15) is 0 Å². The van der Waals surface area contributed by atoms with E-state index in [0.717, 1.165) is 0 Å². The molecule has 11 nitrogen and oxygen atoms in total. The lowest BCUT2D eigenvalue weighted by molar-refractivity contribution is -0.162. The van der Waals surface area contributed by atoms with E-state index in [0.29, 0.717) is 37.7 Å². The number of aliphatic hydroxyl groups is 1. The molecule has 1 aromatic carbocycles. The zero-order valence-electron chi connectivity index (χ0n) is 30.4. The van der Waals surface area contributed by atoms with Crippen LogP contribution in [0, 0.1) is 17.3 Å². The van der Waals surface area contributed by atoms with Gasteiger partial charge >= 0.3 is 5.97 Å². The highest BCUT2D eigenvalue weighted by Gasteiger charge is 2.73. The first kappa shape index (κ1) is 37.7. The van der Waals surface area contributed by atoms with Crippen LogP contribution in [0.4, 0.5) is 0 Å². The minimum absolute atomic E-state index is 0.0402. The number of carbonyl (C=O) groups excluding carboxylic acids is 4. The summed E-state index contributed by atoms with van der Waals surface area (Å²) in [6, 6.07) is 7.48. The van der Waals surface area contributed by atoms with Crippen molar-refractivity contribution in [2.75, 3.05) is 33.4 Å². The van der Waals surface area contributed by atoms with Crippen LogP contribution < -0.4 is 5.32 Å². The van der Waals surface area contributed by atoms with Gasteiger partial charge in [-0.15, -0.1) is 0 Å². The molecular formula is C39H55N3O8. The first-order chi connectivity index (χ1) is 23.7. The standard InChI is InChI=1S/C39H55N3O8/c1-37(2,3)25-38(4,5)42-22-14-8-12-18-29(44)40-27(24-48-6)32(26-16-10-7-11-17-26)49-36(47)30-28-19-20-39(50-28)31(30)34(45)41(33(39)35(42)46)21-13-9-15-23-43/h7-8,10-11,14,16-17,19-20,27-28,30-33,43H,9,12-13,15,18,21-25H2,1-6H3,(H,40,44)/b14-8-/t27-,28+,30-,31-,32-,33+,39-/m1/s1. The lowest BCUT2D eigenvalue weighted by atomic mass is 9.74. The number of allylic oxidation sites excluding steroid dienone is 1. The molecule has 1 aromatic rings. The first-order valence-corrected chi connectivity index (χ1v) is 18.0. The fourth-order valence-corrected chi connectivity index (χ4v) is 8.61. The van der Waals surface area contributed by atoms with Crippen molar-refractivity contribution in [3.8, 4) is 0 Å². The van der Waals surface area contributed by atoms with Crippen LogP contribution in [0.25, 0.3) is 0 Å². The topological polar surface area (TPSA) is 135 Å². The van der Waals surface area contributed by atoms with Crippen molar-refractivity contribution in [2.45, 2.75) is 109 Å². The van der Waals surface area contributed by atoms with Crippen molar-refractivity contribution >= 4 is 23.7 Å². The first-order valence-electron chi connectivity index (χ1n) is 18.0. The van der Waals surface area contributed by atoms with Crippen LogP contribution in [0.2, 0.25) is 0 Å². The number of esters is 1. The minimum Gasteiger partial charge on any atom is -0.455 e. The second kappa shape index (κ2) is 15.4. The minimum atomic E-state index is -1.35. The van der Waals surface area contributed by atoms with Crippen LogP contribution in [0.1, 0.15) is 84.8 Å². The predicted molar refractivity (Wildman–Crippen MR) is 187 cm³/mol. The van der Waals surface area contributed by atoms with Gasteiger partial charge in [0.2, 0.25) is 17.7 Å². The molecule has 4 aliphatic rings. The van der Waals surface area contributed by atoms with E-state index in [-0.39, 0.29) is 55.9 Å². The Hall–Kier alpha value is -3.54. The molecule has 5 bridgehead atoms. The van der Waals surface area contributed by atoms with Crippen molar-refractivity contribution in [1.82, 2.24) is 15.1 Å². The molecule has 4 heterocycles. The molecule has 0 radical (unpaired) electrons. The molecule has 2 fully saturated rings. The number of hydrogen-bond donors (Lipinski definition) is 2. The van der Waals surface area contributed by atoms with Gasteiger partial charge in [-0.05, 0) is 56.9 Å². The second-order valence-corrected chi connectivity index (χ2v) is 15.9. The molecule has 0 unspecified atom stereocenters. The average molecular weight is 694 g/mol. The highest BCUT2D eigenvalue weighted by molar-refractivity contribution is 5.99. The summed E-state index contributed by atoms with van der Waals surface area (Å²) in [6.07, 6.45) is 8.93. The Labute approximate surface area is 296 Å². The molecule has 0 aromatic heterocycles. The molecule has 11 heteroatoms. The summed E-state index contributed by atoms with van der Waals surface area (Å²) in [5.41, 5.74) is -1.41. The van der Waals surface area contributed by atoms with Gasteiger partial charge in [0.15, 0.2) is 0 Å². The highest BCUT2D eigenvalue weighted by atomic mass is 16.6. The van der Waals surface area contributed by atoms with Gasteiger partial charge in [-0.1, -0.05) is 75.4 Å². The van der Waals surface area contributed by atoms with E-state index in [1.807, 2.05) is 67.3 Å². The van der Waals surface area contributed by atoms with E-state index in [9.17, 15) is 19.5 Å². The van der Waals surface area contributed by atoms with Gasteiger partial charge < -0.3 is 34.4 Å². The molecule has 274 valence electrons. The Morgan fingerprint density at radius 1 is 1.00 bits per heavy atom. The second-order valence-electron chi connectivity index (χ2n) is 15.9. The number of likely N-dealkylation sites (tertiary alicyclic amines) is 1. The molecule has 4 aliphatic heterocycles. The molecule has 50 heavy (non-hydrogen) atoms. The number of nitrogens with zero attached hydrogens (tertiary/aromatic N) is 2. The third kappa shape index (κ3) is 7.70. The SMILES string of the molecule is COC[C@H]1NC(=O)CC/C=C\CN(C(C)(C)CC(C)(C)C)C(=O)[C@@H]2N(CCCCCO)C(=O)[C@H]3[C@H](C(=O)O[C@@H]1c1ccccc1)[C@@H]1C=C[C@]23O1. The largest absolute Gasteiger partial charge is 0.455 e. The number of amides is 3. The molecular weight excluding hydrogens is 638 g/mol. The third-order valence-corrected chi connectivity index (χ3v) is 10.3. The van der Waals surface area contributed by atoms with Crippen LogP contribution >= 0.6 is 0 Å². The number of methoxy groups -OCH3 is 1. The van der Waals surface area contributed by atoms with Crippen molar-refractivity contribution in [3.63, 3.8) is 0 Å². The van der Waals surface area contributed by atoms with Crippen molar-refractivity contribution in [1.29, 1.82) is 0 Å². The number of nitrogens with one attached hydrogen (secondary N) is 1. The van der Waals surface area contributed by atoms with Gasteiger partial charge in [0.05, 0.1) is 24.7 Å². The molecule has 7 atom stereocenters. The Bertz CT molecular complexity index is 1450. The number of fused-ring (bicyclic) bond motifs is 2. The van der Waals surface area contributed by atoms with E-state index in [1.54, 1.807) is 11.0 Å². The van der Waals surface area contributed by atoms with E-state index in [4.69, 9.17) is 14.2 Å². The lowest BCUT2D eigenvalue weighted by Crippen LogP contribution is -2.60. The summed E-state index contributed by atoms with van der Waals surface area (Å²) in [7, 11) is 1.52. The summed E-state index contributed by atoms with van der Waals surface area (Å²) >= 11 is 0. The van der Waals surface area contributed by atoms with Crippen molar-refractivity contribution < 1.29 is 38.5 Å². The van der Waals surface area contributed by atoms with E-state index in [1.165, 1.54) is 7.11 Å². The summed E-state index contributed by atoms with van der Waals surface area (Å²) in [5, 5.41) is 12.5. The number of cyclic esters (lactones) is 1. The monoisotopic (exact) mass is 693 g/mol. The fraction of sp³-hybridized carbons (Fsp3) is 0.641. The quantitative estimate of drug-likeness (QED) is 0.213. The lowest BCUT2D eigenvalue weighted by Gasteiger charge is -2.45. The number of carbonyl (C=O) groups is 4. The Morgan fingerprint density at radius 2 is 1.74 bits per heavy atom. The Balaban J connectivity index is 1.61. The van der Waals surface area contributed by atoms with Crippen LogP contribution in [0.5, 0.6) is 0 Å². The summed E-state index contributed by atoms with van der Waals surface area (Å²) in [5.74, 6) is -3.39. The van der Waals surface area contributed by atoms with Gasteiger partial charge in [0.1, 0.15) is 23.7 Å². The van der Waals surface area contributed by atoms with Gasteiger partial charge in [-0.25, -0.2) is 0 Å². The number of unbranched alkanes of at least 4 members (excludes halogenated alkanes) is 2. The normalized spacial score (nSPS) is 31.2. The summed E-state index contributed by atoms with van der Waals surface area (Å²) < 4.78 is 18.4. The van der Waals surface area contributed by atoms with Crippen molar-refractivity contribution in [2.24, 2.45) is 17.3 Å². The number of benzene rings is 1. The molecule has 0 saturated carbocycles. The summed E-state index contributed by atoms with van der Waals surface area (Å²) in [4.78, 5) is 60.9. The maximum Gasteiger partial charge on any atom is 0.313 e. The molecule has 0 aliphatic carbocycles. The zero-order chi connectivity index (χ0) is 36.3. The molecule has 5 rings (SSSR count). The number of hydrogen-bond acceptors (Lipinski definition) is 8. The Morgan fingerprint density at radius 3 is 2.42 bits per heavy atom.